The van der Waals surface area contributed by atoms with Crippen LogP contribution in [0.4, 0.5) is 0 Å². The van der Waals surface area contributed by atoms with Crippen LogP contribution in [0, 0.1) is 34.0 Å². The number of rotatable bonds is 5. The summed E-state index contributed by atoms with van der Waals surface area (Å²) < 4.78 is 5.09. The van der Waals surface area contributed by atoms with Gasteiger partial charge in [0.2, 0.25) is 0 Å². The summed E-state index contributed by atoms with van der Waals surface area (Å²) in [5, 5.41) is 20.1. The van der Waals surface area contributed by atoms with Crippen molar-refractivity contribution < 1.29 is 9.53 Å². The number of carbonyl (C=O) groups excluding carboxylic acids is 1. The van der Waals surface area contributed by atoms with Gasteiger partial charge in [0.1, 0.15) is 0 Å². The average Bonchev–Trinajstić information content (AvgIpc) is 3.03. The zero-order valence-corrected chi connectivity index (χ0v) is 15.2. The van der Waals surface area contributed by atoms with E-state index in [4.69, 9.17) is 4.74 Å². The van der Waals surface area contributed by atoms with Gasteiger partial charge in [-0.3, -0.25) is 4.79 Å². The highest BCUT2D eigenvalue weighted by molar-refractivity contribution is 5.99. The predicted octanol–water partition coefficient (Wildman–Crippen LogP) is 4.60. The number of benzene rings is 2. The minimum absolute atomic E-state index is 0.0433. The molecule has 0 saturated carbocycles. The average molecular weight is 356 g/mol. The zero-order valence-electron chi connectivity index (χ0n) is 15.2. The van der Waals surface area contributed by atoms with Crippen LogP contribution in [0.5, 0.6) is 0 Å². The molecule has 0 radical (unpaired) electrons. The first kappa shape index (κ1) is 18.4. The summed E-state index contributed by atoms with van der Waals surface area (Å²) in [6, 6.07) is 23.8. The second-order valence-electron chi connectivity index (χ2n) is 6.53. The summed E-state index contributed by atoms with van der Waals surface area (Å²) in [7, 11) is 0. The number of ether oxygens (including phenoxy) is 1. The van der Waals surface area contributed by atoms with Crippen molar-refractivity contribution in [2.24, 2.45) is 11.3 Å². The Labute approximate surface area is 159 Å². The number of carbonyl (C=O) groups is 1. The number of nitrogens with zero attached hydrogens (tertiary/aromatic N) is 2. The first-order valence-corrected chi connectivity index (χ1v) is 8.98. The number of hydrogen-bond donors (Lipinski definition) is 0. The van der Waals surface area contributed by atoms with Gasteiger partial charge < -0.3 is 4.74 Å². The molecule has 1 unspecified atom stereocenters. The number of esters is 1. The van der Waals surface area contributed by atoms with Crippen LogP contribution >= 0.6 is 0 Å². The van der Waals surface area contributed by atoms with E-state index < -0.39 is 11.3 Å². The van der Waals surface area contributed by atoms with E-state index in [0.29, 0.717) is 12.0 Å². The highest BCUT2D eigenvalue weighted by atomic mass is 16.5. The van der Waals surface area contributed by atoms with Gasteiger partial charge in [-0.1, -0.05) is 60.7 Å². The molecule has 1 aliphatic rings. The van der Waals surface area contributed by atoms with Crippen LogP contribution in [0.15, 0.2) is 60.7 Å². The minimum Gasteiger partial charge on any atom is -0.466 e. The lowest BCUT2D eigenvalue weighted by Crippen LogP contribution is -2.27. The van der Waals surface area contributed by atoms with Crippen LogP contribution in [-0.2, 0) is 9.53 Å². The lowest BCUT2D eigenvalue weighted by atomic mass is 9.72. The SMILES string of the molecule is CCOC(=O)CC1CC(c2ccccc2)=C(c2ccccc2)C1(C#N)C#N. The molecule has 2 aromatic rings. The molecule has 0 aromatic heterocycles. The van der Waals surface area contributed by atoms with E-state index in [1.165, 1.54) is 0 Å². The number of allylic oxidation sites excluding steroid dienone is 2. The number of nitriles is 2. The molecule has 0 bridgehead atoms. The second kappa shape index (κ2) is 7.89. The highest BCUT2D eigenvalue weighted by Gasteiger charge is 2.51. The van der Waals surface area contributed by atoms with Crippen LogP contribution in [0.25, 0.3) is 11.1 Å². The maximum absolute atomic E-state index is 12.1. The molecule has 1 aliphatic carbocycles. The van der Waals surface area contributed by atoms with Gasteiger partial charge in [0.05, 0.1) is 25.2 Å². The van der Waals surface area contributed by atoms with Gasteiger partial charge >= 0.3 is 5.97 Å². The van der Waals surface area contributed by atoms with Crippen molar-refractivity contribution in [1.29, 1.82) is 10.5 Å². The van der Waals surface area contributed by atoms with E-state index in [2.05, 4.69) is 12.1 Å². The van der Waals surface area contributed by atoms with Crippen LogP contribution < -0.4 is 0 Å². The molecule has 4 heteroatoms. The molecular formula is C23H20N2O2. The molecule has 0 saturated heterocycles. The van der Waals surface area contributed by atoms with Gasteiger partial charge in [-0.15, -0.1) is 0 Å². The molecule has 0 aliphatic heterocycles. The van der Waals surface area contributed by atoms with Gasteiger partial charge in [0.25, 0.3) is 0 Å². The molecule has 0 N–H and O–H groups in total. The molecule has 27 heavy (non-hydrogen) atoms. The van der Waals surface area contributed by atoms with Crippen molar-refractivity contribution in [3.8, 4) is 12.1 Å². The monoisotopic (exact) mass is 356 g/mol. The number of hydrogen-bond acceptors (Lipinski definition) is 4. The van der Waals surface area contributed by atoms with Crippen molar-refractivity contribution in [2.75, 3.05) is 6.61 Å². The second-order valence-corrected chi connectivity index (χ2v) is 6.53. The first-order valence-electron chi connectivity index (χ1n) is 8.98. The third kappa shape index (κ3) is 3.35. The van der Waals surface area contributed by atoms with Gasteiger partial charge in [-0.2, -0.15) is 10.5 Å². The van der Waals surface area contributed by atoms with Crippen LogP contribution in [-0.4, -0.2) is 12.6 Å². The van der Waals surface area contributed by atoms with E-state index in [0.717, 1.165) is 16.7 Å². The van der Waals surface area contributed by atoms with Crippen LogP contribution in [0.1, 0.15) is 30.9 Å². The Hall–Kier alpha value is -3.37. The molecule has 0 spiro atoms. The van der Waals surface area contributed by atoms with E-state index in [1.807, 2.05) is 60.7 Å². The largest absolute Gasteiger partial charge is 0.466 e. The standard InChI is InChI=1S/C23H20N2O2/c1-2-27-21(26)14-19-13-20(17-9-5-3-6-10-17)22(23(19,15-24)16-25)18-11-7-4-8-12-18/h3-12,19H,2,13-14H2,1H3. The molecule has 2 aromatic carbocycles. The Bertz CT molecular complexity index is 920. The van der Waals surface area contributed by atoms with Crippen molar-refractivity contribution in [3.05, 3.63) is 71.8 Å². The first-order chi connectivity index (χ1) is 13.2. The Balaban J connectivity index is 2.18. The summed E-state index contributed by atoms with van der Waals surface area (Å²) in [5.74, 6) is -0.823. The normalized spacial score (nSPS) is 17.8. The quantitative estimate of drug-likeness (QED) is 0.734. The molecule has 0 fully saturated rings. The van der Waals surface area contributed by atoms with E-state index >= 15 is 0 Å². The van der Waals surface area contributed by atoms with Crippen LogP contribution in [0.3, 0.4) is 0 Å². The maximum Gasteiger partial charge on any atom is 0.306 e. The molecule has 3 rings (SSSR count). The van der Waals surface area contributed by atoms with Crippen LogP contribution in [0.2, 0.25) is 0 Å². The summed E-state index contributed by atoms with van der Waals surface area (Å²) in [6.45, 7) is 2.03. The fourth-order valence-corrected chi connectivity index (χ4v) is 3.82. The summed E-state index contributed by atoms with van der Waals surface area (Å²) in [6.07, 6.45) is 0.524. The Morgan fingerprint density at radius 1 is 1.04 bits per heavy atom. The fraction of sp³-hybridized carbons (Fsp3) is 0.261. The zero-order chi connectivity index (χ0) is 19.3. The fourth-order valence-electron chi connectivity index (χ4n) is 3.82. The lowest BCUT2D eigenvalue weighted by Gasteiger charge is -2.24. The van der Waals surface area contributed by atoms with Crippen molar-refractivity contribution in [2.45, 2.75) is 19.8 Å². The molecule has 0 amide bonds. The summed E-state index contributed by atoms with van der Waals surface area (Å²) >= 11 is 0. The lowest BCUT2D eigenvalue weighted by molar-refractivity contribution is -0.144. The topological polar surface area (TPSA) is 73.9 Å². The van der Waals surface area contributed by atoms with Gasteiger partial charge in [0.15, 0.2) is 5.41 Å². The molecule has 1 atom stereocenters. The Kier molecular flexibility index (Phi) is 5.38. The van der Waals surface area contributed by atoms with Gasteiger partial charge in [-0.25, -0.2) is 0 Å². The van der Waals surface area contributed by atoms with E-state index in [9.17, 15) is 15.3 Å². The van der Waals surface area contributed by atoms with E-state index in [-0.39, 0.29) is 19.0 Å². The molecular weight excluding hydrogens is 336 g/mol. The van der Waals surface area contributed by atoms with Crippen molar-refractivity contribution in [3.63, 3.8) is 0 Å². The summed E-state index contributed by atoms with van der Waals surface area (Å²) in [5.41, 5.74) is 2.07. The predicted molar refractivity (Wildman–Crippen MR) is 103 cm³/mol. The summed E-state index contributed by atoms with van der Waals surface area (Å²) in [4.78, 5) is 12.1. The molecule has 134 valence electrons. The maximum atomic E-state index is 12.1. The Morgan fingerprint density at radius 2 is 1.59 bits per heavy atom. The van der Waals surface area contributed by atoms with Crippen molar-refractivity contribution >= 4 is 17.1 Å². The van der Waals surface area contributed by atoms with E-state index in [1.54, 1.807) is 6.92 Å². The third-order valence-electron chi connectivity index (χ3n) is 5.01. The smallest absolute Gasteiger partial charge is 0.306 e. The van der Waals surface area contributed by atoms with Gasteiger partial charge in [0, 0.05) is 5.92 Å². The highest BCUT2D eigenvalue weighted by Crippen LogP contribution is 2.55. The molecule has 4 nitrogen and oxygen atoms in total. The van der Waals surface area contributed by atoms with Gasteiger partial charge in [-0.05, 0) is 35.6 Å². The minimum atomic E-state index is -1.39. The molecule has 0 heterocycles. The third-order valence-corrected chi connectivity index (χ3v) is 5.01. The van der Waals surface area contributed by atoms with Crippen molar-refractivity contribution in [1.82, 2.24) is 0 Å². The Morgan fingerprint density at radius 3 is 2.11 bits per heavy atom.